The average molecular weight is 117 g/mol. The highest BCUT2D eigenvalue weighted by Crippen LogP contribution is 1.42. The van der Waals surface area contributed by atoms with E-state index in [1.807, 2.05) is 0 Å². The molecule has 0 spiro atoms. The maximum atomic E-state index is 9.00. The third kappa shape index (κ3) is 11800. The van der Waals surface area contributed by atoms with Gasteiger partial charge in [0, 0.05) is 6.92 Å². The summed E-state index contributed by atoms with van der Waals surface area (Å²) in [4.78, 5) is 9.00. The summed E-state index contributed by atoms with van der Waals surface area (Å²) in [6.07, 6.45) is 0. The first-order valence-electron chi connectivity index (χ1n) is 1.82. The molecule has 0 unspecified atom stereocenters. The highest BCUT2D eigenvalue weighted by Gasteiger charge is 1.65. The van der Waals surface area contributed by atoms with E-state index in [0.717, 1.165) is 6.92 Å². The van der Waals surface area contributed by atoms with E-state index in [-0.39, 0.29) is 6.61 Å². The Labute approximate surface area is 47.0 Å². The molecule has 0 heterocycles. The molecule has 4 nitrogen and oxygen atoms in total. The predicted octanol–water partition coefficient (Wildman–Crippen LogP) is -0.407. The van der Waals surface area contributed by atoms with Crippen LogP contribution in [0.4, 0.5) is 0 Å². The number of carbonyl (C=O) groups is 1. The molecule has 0 saturated heterocycles. The molecule has 4 heteroatoms. The molecule has 0 saturated carbocycles. The molecule has 0 bridgehead atoms. The molecule has 0 rings (SSSR count). The molecule has 0 radical (unpaired) electrons. The zero-order chi connectivity index (χ0) is 6.99. The van der Waals surface area contributed by atoms with E-state index in [9.17, 15) is 0 Å². The summed E-state index contributed by atoms with van der Waals surface area (Å²) in [6.45, 7) is 0.708. The van der Waals surface area contributed by atoms with E-state index in [0.29, 0.717) is 0 Å². The van der Waals surface area contributed by atoms with Gasteiger partial charge in [0.2, 0.25) is 0 Å². The number of hydrogen-bond acceptors (Lipinski definition) is 3. The molecule has 0 aromatic carbocycles. The number of hydrogen-bond donors (Lipinski definition) is 2. The lowest BCUT2D eigenvalue weighted by atomic mass is 10.9. The Kier molecular flexibility index (Phi) is 11.7. The van der Waals surface area contributed by atoms with Crippen molar-refractivity contribution >= 4 is 5.97 Å². The third-order valence-electron chi connectivity index (χ3n) is 0.0707. The maximum absolute atomic E-state index is 9.00. The van der Waals surface area contributed by atoms with E-state index in [2.05, 4.69) is 0 Å². The third-order valence-corrected chi connectivity index (χ3v) is 0.0707. The van der Waals surface area contributed by atoms with Gasteiger partial charge in [-0.25, -0.2) is 0 Å². The smallest absolute Gasteiger partial charge is 0.300 e. The van der Waals surface area contributed by atoms with Gasteiger partial charge < -0.3 is 10.2 Å². The highest BCUT2D eigenvalue weighted by atomic mass is 16.4. The van der Waals surface area contributed by atoms with Gasteiger partial charge in [0.05, 0.1) is 6.07 Å². The molecule has 0 atom stereocenters. The fraction of sp³-hybridized carbons (Fsp3) is 0.500. The molecule has 8 heavy (non-hydrogen) atoms. The quantitative estimate of drug-likeness (QED) is 0.423. The molecule has 0 aromatic rings. The van der Waals surface area contributed by atoms with Crippen LogP contribution in [0.25, 0.3) is 0 Å². The molecule has 0 aromatic heterocycles. The van der Waals surface area contributed by atoms with Crippen molar-refractivity contribution in [3.8, 4) is 6.07 Å². The topological polar surface area (TPSA) is 81.3 Å². The molecule has 2 N–H and O–H groups in total. The molecule has 0 aliphatic rings. The first kappa shape index (κ1) is 10.0. The second-order valence-electron chi connectivity index (χ2n) is 0.835. The van der Waals surface area contributed by atoms with Gasteiger partial charge in [-0.3, -0.25) is 4.79 Å². The van der Waals surface area contributed by atoms with Crippen LogP contribution >= 0.6 is 0 Å². The van der Waals surface area contributed by atoms with E-state index in [1.165, 1.54) is 6.07 Å². The van der Waals surface area contributed by atoms with Crippen LogP contribution in [0.1, 0.15) is 6.92 Å². The second kappa shape index (κ2) is 9.33. The lowest BCUT2D eigenvalue weighted by Crippen LogP contribution is -1.78. The monoisotopic (exact) mass is 117 g/mol. The van der Waals surface area contributed by atoms with E-state index >= 15 is 0 Å². The standard InChI is InChI=1S/C2H3NO.C2H4O2/c3-1-2-4;1-2(3)4/h4H,2H2;1H3,(H,3,4). The van der Waals surface area contributed by atoms with Gasteiger partial charge in [0.1, 0.15) is 6.61 Å². The maximum Gasteiger partial charge on any atom is 0.300 e. The summed E-state index contributed by atoms with van der Waals surface area (Å²) < 4.78 is 0. The molecule has 0 fully saturated rings. The summed E-state index contributed by atoms with van der Waals surface area (Å²) in [5.41, 5.74) is 0. The Balaban J connectivity index is 0. The van der Waals surface area contributed by atoms with Gasteiger partial charge in [-0.1, -0.05) is 0 Å². The normalized spacial score (nSPS) is 5.62. The fourth-order valence-electron chi connectivity index (χ4n) is 0. The van der Waals surface area contributed by atoms with Crippen LogP contribution in [0.3, 0.4) is 0 Å². The molecular weight excluding hydrogens is 110 g/mol. The first-order chi connectivity index (χ1) is 3.65. The summed E-state index contributed by atoms with van der Waals surface area (Å²) >= 11 is 0. The number of nitriles is 1. The molecular formula is C4H7NO3. The Hall–Kier alpha value is -1.08. The zero-order valence-electron chi connectivity index (χ0n) is 4.46. The highest BCUT2D eigenvalue weighted by molar-refractivity contribution is 5.62. The number of aliphatic carboxylic acids is 1. The average Bonchev–Trinajstić information content (AvgIpc) is 1.65. The number of carboxylic acid groups (broad SMARTS) is 1. The SMILES string of the molecule is CC(=O)O.N#CCO. The summed E-state index contributed by atoms with van der Waals surface area (Å²) in [5.74, 6) is -0.833. The Bertz CT molecular complexity index is 89.9. The van der Waals surface area contributed by atoms with Crippen LogP contribution in [0.15, 0.2) is 0 Å². The van der Waals surface area contributed by atoms with Crippen LogP contribution < -0.4 is 0 Å². The minimum atomic E-state index is -0.833. The Morgan fingerprint density at radius 3 is 2.00 bits per heavy atom. The number of aliphatic hydroxyl groups is 1. The van der Waals surface area contributed by atoms with E-state index in [4.69, 9.17) is 20.3 Å². The molecule has 46 valence electrons. The lowest BCUT2D eigenvalue weighted by molar-refractivity contribution is -0.134. The van der Waals surface area contributed by atoms with Crippen molar-refractivity contribution in [2.75, 3.05) is 6.61 Å². The van der Waals surface area contributed by atoms with Crippen LogP contribution in [0.2, 0.25) is 0 Å². The largest absolute Gasteiger partial charge is 0.481 e. The number of nitrogens with zero attached hydrogens (tertiary/aromatic N) is 1. The fourth-order valence-corrected chi connectivity index (χ4v) is 0. The summed E-state index contributed by atoms with van der Waals surface area (Å²) in [6, 6.07) is 1.49. The minimum absolute atomic E-state index is 0.375. The van der Waals surface area contributed by atoms with Crippen molar-refractivity contribution in [2.24, 2.45) is 0 Å². The first-order valence-corrected chi connectivity index (χ1v) is 1.82. The van der Waals surface area contributed by atoms with Gasteiger partial charge >= 0.3 is 0 Å². The van der Waals surface area contributed by atoms with Crippen LogP contribution in [-0.4, -0.2) is 22.8 Å². The van der Waals surface area contributed by atoms with E-state index in [1.54, 1.807) is 0 Å². The van der Waals surface area contributed by atoms with Crippen molar-refractivity contribution in [1.82, 2.24) is 0 Å². The Morgan fingerprint density at radius 1 is 1.88 bits per heavy atom. The van der Waals surface area contributed by atoms with Crippen molar-refractivity contribution in [2.45, 2.75) is 6.92 Å². The van der Waals surface area contributed by atoms with Gasteiger partial charge in [0.25, 0.3) is 5.97 Å². The zero-order valence-corrected chi connectivity index (χ0v) is 4.46. The van der Waals surface area contributed by atoms with Crippen LogP contribution in [0.5, 0.6) is 0 Å². The number of rotatable bonds is 0. The Morgan fingerprint density at radius 2 is 2.00 bits per heavy atom. The van der Waals surface area contributed by atoms with Crippen LogP contribution in [0, 0.1) is 11.3 Å². The minimum Gasteiger partial charge on any atom is -0.481 e. The number of aliphatic hydroxyl groups excluding tert-OH is 1. The molecule has 0 amide bonds. The van der Waals surface area contributed by atoms with Crippen molar-refractivity contribution in [3.05, 3.63) is 0 Å². The van der Waals surface area contributed by atoms with Gasteiger partial charge in [-0.05, 0) is 0 Å². The molecule has 0 aliphatic heterocycles. The van der Waals surface area contributed by atoms with Crippen molar-refractivity contribution in [1.29, 1.82) is 5.26 Å². The summed E-state index contributed by atoms with van der Waals surface area (Å²) in [5, 5.41) is 22.3. The van der Waals surface area contributed by atoms with Crippen LogP contribution in [-0.2, 0) is 4.79 Å². The van der Waals surface area contributed by atoms with Gasteiger partial charge in [-0.15, -0.1) is 0 Å². The number of carboxylic acids is 1. The lowest BCUT2D eigenvalue weighted by Gasteiger charge is -1.59. The van der Waals surface area contributed by atoms with E-state index < -0.39 is 5.97 Å². The van der Waals surface area contributed by atoms with Crippen molar-refractivity contribution < 1.29 is 15.0 Å². The van der Waals surface area contributed by atoms with Crippen molar-refractivity contribution in [3.63, 3.8) is 0 Å². The predicted molar refractivity (Wildman–Crippen MR) is 26.0 cm³/mol. The summed E-state index contributed by atoms with van der Waals surface area (Å²) in [7, 11) is 0. The van der Waals surface area contributed by atoms with Gasteiger partial charge in [-0.2, -0.15) is 5.26 Å². The second-order valence-corrected chi connectivity index (χ2v) is 0.835. The molecule has 0 aliphatic carbocycles. The van der Waals surface area contributed by atoms with Gasteiger partial charge in [0.15, 0.2) is 0 Å².